The highest BCUT2D eigenvalue weighted by Crippen LogP contribution is 2.32. The molecule has 0 unspecified atom stereocenters. The van der Waals surface area contributed by atoms with Gasteiger partial charge in [0.05, 0.1) is 13.2 Å². The summed E-state index contributed by atoms with van der Waals surface area (Å²) in [5, 5.41) is 0. The lowest BCUT2D eigenvalue weighted by molar-refractivity contribution is 0.303. The Balaban J connectivity index is 1.58. The van der Waals surface area contributed by atoms with Gasteiger partial charge in [-0.25, -0.2) is 0 Å². The van der Waals surface area contributed by atoms with E-state index in [0.717, 1.165) is 37.6 Å². The number of ether oxygens (including phenoxy) is 2. The van der Waals surface area contributed by atoms with E-state index in [9.17, 15) is 4.80 Å². The Morgan fingerprint density at radius 1 is 0.440 bits per heavy atom. The number of hydrogen-bond donors (Lipinski definition) is 1. The van der Waals surface area contributed by atoms with Crippen LogP contribution in [0.1, 0.15) is 211 Å². The predicted molar refractivity (Wildman–Crippen MR) is 219 cm³/mol. The summed E-state index contributed by atoms with van der Waals surface area (Å²) in [5.41, 5.74) is 2.41. The third-order valence-electron chi connectivity index (χ3n) is 10.3. The van der Waals surface area contributed by atoms with Gasteiger partial charge in [-0.2, -0.15) is 0 Å². The fourth-order valence-corrected chi connectivity index (χ4v) is 7.79. The summed E-state index contributed by atoms with van der Waals surface area (Å²) in [6.45, 7) is 6.13. The summed E-state index contributed by atoms with van der Waals surface area (Å²) in [5.74, 6) is 2.01. The normalized spacial score (nSPS) is 11.4. The number of hydrogen-bond acceptors (Lipinski definition) is 3. The lowest BCUT2D eigenvalue weighted by Gasteiger charge is -2.19. The summed E-state index contributed by atoms with van der Waals surface area (Å²) in [6.07, 6.45) is 38.3. The molecule has 0 saturated heterocycles. The maximum Gasteiger partial charge on any atom is 0.225 e. The molecule has 0 aliphatic heterocycles. The molecule has 2 radical (unpaired) electrons. The molecule has 0 aliphatic rings. The van der Waals surface area contributed by atoms with E-state index in [1.54, 1.807) is 0 Å². The second kappa shape index (κ2) is 33.1. The van der Waals surface area contributed by atoms with Crippen LogP contribution in [0.5, 0.6) is 11.5 Å². The molecule has 50 heavy (non-hydrogen) atoms. The Hall–Kier alpha value is -1.78. The van der Waals surface area contributed by atoms with Gasteiger partial charge in [-0.15, -0.1) is 0 Å². The van der Waals surface area contributed by atoms with Crippen LogP contribution < -0.4 is 9.47 Å². The van der Waals surface area contributed by atoms with Gasteiger partial charge in [-0.05, 0) is 54.3 Å². The van der Waals surface area contributed by atoms with Crippen LogP contribution >= 0.6 is 0 Å². The van der Waals surface area contributed by atoms with Gasteiger partial charge in [0.25, 0.3) is 0 Å². The molecule has 0 amide bonds. The predicted octanol–water partition coefficient (Wildman–Crippen LogP) is 14.6. The summed E-state index contributed by atoms with van der Waals surface area (Å²) < 4.78 is 12.4. The van der Waals surface area contributed by atoms with Crippen LogP contribution in [0.4, 0.5) is 0 Å². The molecule has 2 aromatic carbocycles. The maximum atomic E-state index is 9.97. The van der Waals surface area contributed by atoms with Crippen LogP contribution in [0.2, 0.25) is 6.04 Å². The van der Waals surface area contributed by atoms with Crippen molar-refractivity contribution < 1.29 is 14.3 Å². The molecule has 1 N–H and O–H groups in total. The molecular formula is C46H78O3Si. The van der Waals surface area contributed by atoms with Gasteiger partial charge in [-0.1, -0.05) is 205 Å². The molecule has 0 spiro atoms. The average Bonchev–Trinajstić information content (AvgIpc) is 3.14. The van der Waals surface area contributed by atoms with Crippen LogP contribution in [0, 0.1) is 0 Å². The zero-order valence-electron chi connectivity index (χ0n) is 32.9. The summed E-state index contributed by atoms with van der Waals surface area (Å²) in [6, 6.07) is 17.7. The third kappa shape index (κ3) is 23.6. The molecular weight excluding hydrogens is 629 g/mol. The smallest absolute Gasteiger partial charge is 0.225 e. The molecule has 2 aromatic rings. The van der Waals surface area contributed by atoms with Gasteiger partial charge in [-0.3, -0.25) is 0 Å². The molecule has 0 heterocycles. The Morgan fingerprint density at radius 3 is 1.04 bits per heavy atom. The van der Waals surface area contributed by atoms with Crippen molar-refractivity contribution >= 4 is 9.76 Å². The lowest BCUT2D eigenvalue weighted by Crippen LogP contribution is -2.06. The second-order valence-corrected chi connectivity index (χ2v) is 15.7. The topological polar surface area (TPSA) is 38.7 Å². The molecule has 0 saturated carbocycles. The first kappa shape index (κ1) is 44.4. The van der Waals surface area contributed by atoms with E-state index in [0.29, 0.717) is 6.04 Å². The Kier molecular flexibility index (Phi) is 29.4. The molecule has 0 fully saturated rings. The van der Waals surface area contributed by atoms with E-state index in [2.05, 4.69) is 62.4 Å². The lowest BCUT2D eigenvalue weighted by atomic mass is 9.92. The Morgan fingerprint density at radius 2 is 0.740 bits per heavy atom. The Labute approximate surface area is 313 Å². The van der Waals surface area contributed by atoms with Gasteiger partial charge in [0.1, 0.15) is 11.5 Å². The van der Waals surface area contributed by atoms with Crippen molar-refractivity contribution in [3.8, 4) is 11.5 Å². The molecule has 0 aromatic heterocycles. The fraction of sp³-hybridized carbons (Fsp3) is 0.739. The first-order valence-electron chi connectivity index (χ1n) is 21.6. The van der Waals surface area contributed by atoms with E-state index in [4.69, 9.17) is 9.47 Å². The molecule has 4 heteroatoms. The minimum Gasteiger partial charge on any atom is -0.494 e. The van der Waals surface area contributed by atoms with Crippen molar-refractivity contribution in [1.29, 1.82) is 0 Å². The van der Waals surface area contributed by atoms with E-state index in [1.807, 2.05) is 0 Å². The van der Waals surface area contributed by atoms with Crippen LogP contribution in [0.25, 0.3) is 0 Å². The summed E-state index contributed by atoms with van der Waals surface area (Å²) in [4.78, 5) is 9.97. The van der Waals surface area contributed by atoms with Gasteiger partial charge < -0.3 is 14.3 Å². The molecule has 0 atom stereocenters. The number of rotatable bonds is 36. The average molecular weight is 707 g/mol. The fourth-order valence-electron chi connectivity index (χ4n) is 7.13. The minimum atomic E-state index is -0.101. The van der Waals surface area contributed by atoms with Crippen LogP contribution in [-0.2, 0) is 0 Å². The zero-order valence-corrected chi connectivity index (χ0v) is 33.9. The Bertz CT molecular complexity index is 933. The van der Waals surface area contributed by atoms with Crippen LogP contribution in [0.3, 0.4) is 0 Å². The molecule has 284 valence electrons. The van der Waals surface area contributed by atoms with Crippen molar-refractivity contribution in [1.82, 2.24) is 0 Å². The van der Waals surface area contributed by atoms with Crippen molar-refractivity contribution in [2.45, 2.75) is 206 Å². The van der Waals surface area contributed by atoms with Gasteiger partial charge in [0, 0.05) is 5.92 Å². The number of unbranched alkanes of at least 4 members (excludes halogenated alkanes) is 26. The van der Waals surface area contributed by atoms with Crippen molar-refractivity contribution in [2.24, 2.45) is 0 Å². The highest BCUT2D eigenvalue weighted by Gasteiger charge is 2.16. The van der Waals surface area contributed by atoms with Crippen molar-refractivity contribution in [3.63, 3.8) is 0 Å². The summed E-state index contributed by atoms with van der Waals surface area (Å²) >= 11 is 0. The monoisotopic (exact) mass is 707 g/mol. The molecule has 2 rings (SSSR count). The van der Waals surface area contributed by atoms with Crippen molar-refractivity contribution in [2.75, 3.05) is 13.2 Å². The first-order valence-corrected chi connectivity index (χ1v) is 22.8. The SMILES string of the molecule is CCCCCCCCCCCCCCCCOc1cccc(C(C[Si]O)c2cccc(OCCCCCCCCCCCCCCCC)c2)c1. The van der Waals surface area contributed by atoms with Crippen LogP contribution in [-0.4, -0.2) is 27.8 Å². The summed E-state index contributed by atoms with van der Waals surface area (Å²) in [7, 11) is -0.101. The van der Waals surface area contributed by atoms with E-state index in [-0.39, 0.29) is 15.7 Å². The number of benzene rings is 2. The van der Waals surface area contributed by atoms with E-state index >= 15 is 0 Å². The van der Waals surface area contributed by atoms with Crippen LogP contribution in [0.15, 0.2) is 48.5 Å². The van der Waals surface area contributed by atoms with Crippen molar-refractivity contribution in [3.05, 3.63) is 59.7 Å². The molecule has 0 aliphatic carbocycles. The molecule has 0 bridgehead atoms. The maximum absolute atomic E-state index is 9.97. The minimum absolute atomic E-state index is 0.101. The zero-order chi connectivity index (χ0) is 35.6. The first-order chi connectivity index (χ1) is 24.8. The molecule has 3 nitrogen and oxygen atoms in total. The van der Waals surface area contributed by atoms with Gasteiger partial charge >= 0.3 is 0 Å². The highest BCUT2D eigenvalue weighted by molar-refractivity contribution is 6.25. The second-order valence-electron chi connectivity index (χ2n) is 14.9. The van der Waals surface area contributed by atoms with E-state index < -0.39 is 0 Å². The quantitative estimate of drug-likeness (QED) is 0.0566. The van der Waals surface area contributed by atoms with Gasteiger partial charge in [0.2, 0.25) is 9.76 Å². The highest BCUT2D eigenvalue weighted by atomic mass is 28.2. The largest absolute Gasteiger partial charge is 0.494 e. The van der Waals surface area contributed by atoms with E-state index in [1.165, 1.54) is 178 Å². The third-order valence-corrected chi connectivity index (χ3v) is 10.9. The standard InChI is InChI=1S/C46H78O3Si/c1-3-5-7-9-11-13-15-17-19-21-23-25-27-29-37-48-44-35-31-33-42(39-44)46(41-50-47)43-34-32-36-45(40-43)49-38-30-28-26-24-22-20-18-16-14-12-10-8-6-4-2/h31-36,39-40,46-47H,3-30,37-38,41H2,1-2H3. The van der Waals surface area contributed by atoms with Gasteiger partial charge in [0.15, 0.2) is 0 Å².